The maximum Gasteiger partial charge on any atom is 0.329 e. The Bertz CT molecular complexity index is 901. The van der Waals surface area contributed by atoms with E-state index in [-0.39, 0.29) is 0 Å². The second kappa shape index (κ2) is 4.82. The van der Waals surface area contributed by atoms with E-state index in [4.69, 9.17) is 5.11 Å². The van der Waals surface area contributed by atoms with Crippen molar-refractivity contribution in [1.29, 1.82) is 0 Å². The van der Waals surface area contributed by atoms with Crippen LogP contribution in [0.15, 0.2) is 41.4 Å². The van der Waals surface area contributed by atoms with Gasteiger partial charge in [-0.05, 0) is 11.5 Å². The van der Waals surface area contributed by atoms with E-state index in [1.807, 2.05) is 18.2 Å². The van der Waals surface area contributed by atoms with Gasteiger partial charge in [0.15, 0.2) is 6.04 Å². The first-order chi connectivity index (χ1) is 10.2. The molecule has 6 heteroatoms. The van der Waals surface area contributed by atoms with Gasteiger partial charge in [-0.3, -0.25) is 4.99 Å². The molecule has 1 N–H and O–H groups in total. The zero-order valence-corrected chi connectivity index (χ0v) is 12.4. The quantitative estimate of drug-likeness (QED) is 0.787. The Labute approximate surface area is 128 Å². The van der Waals surface area contributed by atoms with Gasteiger partial charge in [0.2, 0.25) is 0 Å². The summed E-state index contributed by atoms with van der Waals surface area (Å²) < 4.78 is 1.13. The van der Waals surface area contributed by atoms with Gasteiger partial charge < -0.3 is 5.11 Å². The smallest absolute Gasteiger partial charge is 0.329 e. The molecule has 0 saturated carbocycles. The van der Waals surface area contributed by atoms with Gasteiger partial charge in [-0.25, -0.2) is 9.78 Å². The fraction of sp³-hybridized carbons (Fsp3) is 0.133. The zero-order chi connectivity index (χ0) is 14.4. The number of carboxylic acids is 1. The third-order valence-electron chi connectivity index (χ3n) is 3.40. The van der Waals surface area contributed by atoms with Crippen molar-refractivity contribution in [1.82, 2.24) is 4.98 Å². The fourth-order valence-corrected chi connectivity index (χ4v) is 4.56. The normalized spacial score (nSPS) is 18.3. The van der Waals surface area contributed by atoms with Gasteiger partial charge in [0.05, 0.1) is 10.2 Å². The van der Waals surface area contributed by atoms with E-state index < -0.39 is 12.0 Å². The number of thioether (sulfide) groups is 1. The summed E-state index contributed by atoms with van der Waals surface area (Å²) in [4.78, 5) is 19.9. The summed E-state index contributed by atoms with van der Waals surface area (Å²) in [7, 11) is 0. The molecule has 1 aliphatic heterocycles. The van der Waals surface area contributed by atoms with Crippen LogP contribution < -0.4 is 0 Å². The van der Waals surface area contributed by atoms with E-state index in [0.29, 0.717) is 5.75 Å². The number of thiazole rings is 1. The van der Waals surface area contributed by atoms with Crippen molar-refractivity contribution >= 4 is 55.1 Å². The van der Waals surface area contributed by atoms with Crippen LogP contribution in [0.3, 0.4) is 0 Å². The second-order valence-electron chi connectivity index (χ2n) is 4.75. The molecule has 1 atom stereocenters. The molecule has 1 aromatic heterocycles. The second-order valence-corrected chi connectivity index (χ2v) is 6.76. The molecule has 0 fully saturated rings. The molecule has 1 aliphatic rings. The Hall–Kier alpha value is -1.92. The summed E-state index contributed by atoms with van der Waals surface area (Å²) in [5.41, 5.74) is 0.941. The first-order valence-corrected chi connectivity index (χ1v) is 8.24. The van der Waals surface area contributed by atoms with Crippen molar-refractivity contribution in [3.63, 3.8) is 0 Å². The van der Waals surface area contributed by atoms with Crippen LogP contribution in [0, 0.1) is 0 Å². The van der Waals surface area contributed by atoms with Crippen LogP contribution in [0.2, 0.25) is 0 Å². The van der Waals surface area contributed by atoms with Gasteiger partial charge in [-0.1, -0.05) is 30.3 Å². The number of aromatic nitrogens is 1. The summed E-state index contributed by atoms with van der Waals surface area (Å²) in [5.74, 6) is -0.384. The van der Waals surface area contributed by atoms with Crippen LogP contribution in [0.25, 0.3) is 21.0 Å². The number of aliphatic carboxylic acids is 1. The van der Waals surface area contributed by atoms with E-state index in [9.17, 15) is 4.79 Å². The van der Waals surface area contributed by atoms with Gasteiger partial charge in [0.1, 0.15) is 10.1 Å². The molecular formula is C15H10N2O2S2. The molecular weight excluding hydrogens is 304 g/mol. The van der Waals surface area contributed by atoms with Gasteiger partial charge in [0.25, 0.3) is 0 Å². The maximum absolute atomic E-state index is 11.0. The van der Waals surface area contributed by atoms with Crippen molar-refractivity contribution in [2.45, 2.75) is 6.04 Å². The summed E-state index contributed by atoms with van der Waals surface area (Å²) in [6.07, 6.45) is 0. The van der Waals surface area contributed by atoms with Crippen LogP contribution in [-0.2, 0) is 4.79 Å². The molecule has 0 amide bonds. The number of aliphatic imine (C=N–C) groups is 1. The van der Waals surface area contributed by atoms with Crippen LogP contribution in [0.5, 0.6) is 0 Å². The largest absolute Gasteiger partial charge is 0.480 e. The molecule has 3 aromatic rings. The Morgan fingerprint density at radius 3 is 2.90 bits per heavy atom. The van der Waals surface area contributed by atoms with E-state index >= 15 is 0 Å². The Morgan fingerprint density at radius 2 is 2.10 bits per heavy atom. The molecule has 1 unspecified atom stereocenters. The minimum absolute atomic E-state index is 0.487. The Kier molecular flexibility index (Phi) is 2.94. The lowest BCUT2D eigenvalue weighted by atomic mass is 10.1. The molecule has 2 heterocycles. The monoisotopic (exact) mass is 314 g/mol. The molecule has 104 valence electrons. The predicted octanol–water partition coefficient (Wildman–Crippen LogP) is 3.40. The standard InChI is InChI=1S/C15H10N2O2S2/c18-15(19)11-7-20-13(17-11)14-16-10-6-5-8-3-1-2-4-9(8)12(10)21-14/h1-6,11H,7H2,(H,18,19). The number of benzene rings is 2. The van der Waals surface area contributed by atoms with Crippen LogP contribution in [-0.4, -0.2) is 32.9 Å². The number of hydrogen-bond donors (Lipinski definition) is 1. The highest BCUT2D eigenvalue weighted by Crippen LogP contribution is 2.33. The lowest BCUT2D eigenvalue weighted by molar-refractivity contribution is -0.137. The molecule has 0 aliphatic carbocycles. The molecule has 0 radical (unpaired) electrons. The highest BCUT2D eigenvalue weighted by Gasteiger charge is 2.26. The lowest BCUT2D eigenvalue weighted by Crippen LogP contribution is -2.17. The summed E-state index contributed by atoms with van der Waals surface area (Å²) in [5, 5.41) is 12.9. The highest BCUT2D eigenvalue weighted by molar-refractivity contribution is 8.15. The third-order valence-corrected chi connectivity index (χ3v) is 5.69. The first-order valence-electron chi connectivity index (χ1n) is 6.44. The highest BCUT2D eigenvalue weighted by atomic mass is 32.2. The number of fused-ring (bicyclic) bond motifs is 3. The summed E-state index contributed by atoms with van der Waals surface area (Å²) in [6.45, 7) is 0. The zero-order valence-electron chi connectivity index (χ0n) is 10.8. The van der Waals surface area contributed by atoms with Crippen molar-refractivity contribution in [2.75, 3.05) is 5.75 Å². The average molecular weight is 314 g/mol. The minimum atomic E-state index is -0.871. The minimum Gasteiger partial charge on any atom is -0.480 e. The van der Waals surface area contributed by atoms with E-state index in [1.54, 1.807) is 11.3 Å². The predicted molar refractivity (Wildman–Crippen MR) is 87.5 cm³/mol. The summed E-state index contributed by atoms with van der Waals surface area (Å²) in [6, 6.07) is 11.6. The molecule has 2 aromatic carbocycles. The van der Waals surface area contributed by atoms with Crippen molar-refractivity contribution in [2.24, 2.45) is 4.99 Å². The molecule has 21 heavy (non-hydrogen) atoms. The van der Waals surface area contributed by atoms with Gasteiger partial charge >= 0.3 is 5.97 Å². The molecule has 4 rings (SSSR count). The topological polar surface area (TPSA) is 62.5 Å². The Balaban J connectivity index is 1.86. The maximum atomic E-state index is 11.0. The fourth-order valence-electron chi connectivity index (χ4n) is 2.36. The van der Waals surface area contributed by atoms with E-state index in [0.717, 1.165) is 20.3 Å². The van der Waals surface area contributed by atoms with Gasteiger partial charge in [0, 0.05) is 11.1 Å². The van der Waals surface area contributed by atoms with Crippen molar-refractivity contribution < 1.29 is 9.90 Å². The number of carboxylic acid groups (broad SMARTS) is 1. The molecule has 0 bridgehead atoms. The van der Waals surface area contributed by atoms with Crippen LogP contribution in [0.1, 0.15) is 5.01 Å². The lowest BCUT2D eigenvalue weighted by Gasteiger charge is -1.96. The van der Waals surface area contributed by atoms with E-state index in [2.05, 4.69) is 28.2 Å². The van der Waals surface area contributed by atoms with Gasteiger partial charge in [-0.15, -0.1) is 23.1 Å². The van der Waals surface area contributed by atoms with Crippen LogP contribution >= 0.6 is 23.1 Å². The average Bonchev–Trinajstić information content (AvgIpc) is 3.13. The van der Waals surface area contributed by atoms with Crippen molar-refractivity contribution in [3.05, 3.63) is 41.4 Å². The number of rotatable bonds is 2. The van der Waals surface area contributed by atoms with Crippen LogP contribution in [0.4, 0.5) is 0 Å². The number of nitrogens with zero attached hydrogens (tertiary/aromatic N) is 2. The number of hydrogen-bond acceptors (Lipinski definition) is 5. The van der Waals surface area contributed by atoms with Gasteiger partial charge in [-0.2, -0.15) is 0 Å². The van der Waals surface area contributed by atoms with E-state index in [1.165, 1.54) is 22.5 Å². The third kappa shape index (κ3) is 2.11. The molecule has 4 nitrogen and oxygen atoms in total. The SMILES string of the molecule is O=C(O)C1CSC(c2nc3ccc4ccccc4c3s2)=N1. The molecule has 0 saturated heterocycles. The van der Waals surface area contributed by atoms with Crippen molar-refractivity contribution in [3.8, 4) is 0 Å². The number of carbonyl (C=O) groups is 1. The molecule has 0 spiro atoms. The first kappa shape index (κ1) is 12.8. The Morgan fingerprint density at radius 1 is 1.24 bits per heavy atom. The summed E-state index contributed by atoms with van der Waals surface area (Å²) >= 11 is 3.05.